The minimum absolute atomic E-state index is 0. The van der Waals surface area contributed by atoms with Crippen LogP contribution in [0, 0.1) is 6.04 Å². The number of rotatable bonds is 3. The molecule has 1 N–H and O–H groups in total. The first-order chi connectivity index (χ1) is 9.42. The second-order valence-corrected chi connectivity index (χ2v) is 7.32. The molecule has 1 fully saturated rings. The van der Waals surface area contributed by atoms with E-state index in [1.54, 1.807) is 0 Å². The van der Waals surface area contributed by atoms with Crippen molar-refractivity contribution in [1.29, 1.82) is 0 Å². The fourth-order valence-electron chi connectivity index (χ4n) is 2.43. The molecule has 21 heavy (non-hydrogen) atoms. The molecule has 0 unspecified atom stereocenters. The molecule has 0 amide bonds. The maximum absolute atomic E-state index is 5.62. The molecule has 0 atom stereocenters. The summed E-state index contributed by atoms with van der Waals surface area (Å²) in [6.07, 6.45) is 6.09. The van der Waals surface area contributed by atoms with Crippen LogP contribution < -0.4 is 5.32 Å². The second kappa shape index (κ2) is 9.57. The molecule has 1 aliphatic heterocycles. The van der Waals surface area contributed by atoms with Crippen LogP contribution in [0.5, 0.6) is 0 Å². The number of ether oxygens (including phenoxy) is 1. The van der Waals surface area contributed by atoms with Crippen molar-refractivity contribution in [3.63, 3.8) is 0 Å². The molecule has 2 nitrogen and oxygen atoms in total. The Bertz CT molecular complexity index is 467. The molecule has 0 bridgehead atoms. The lowest BCUT2D eigenvalue weighted by Crippen LogP contribution is -2.21. The van der Waals surface area contributed by atoms with Crippen molar-refractivity contribution in [1.82, 2.24) is 5.32 Å². The first-order valence-corrected chi connectivity index (χ1v) is 8.74. The largest absolute Gasteiger partial charge is 0.381 e. The summed E-state index contributed by atoms with van der Waals surface area (Å²) >= 11 is 3.76. The number of hydrogen-bond acceptors (Lipinski definition) is 4. The van der Waals surface area contributed by atoms with Crippen molar-refractivity contribution in [2.24, 2.45) is 0 Å². The predicted octanol–water partition coefficient (Wildman–Crippen LogP) is 5.84. The van der Waals surface area contributed by atoms with E-state index in [1.165, 1.54) is 46.0 Å². The molecule has 2 aromatic rings. The van der Waals surface area contributed by atoms with Gasteiger partial charge >= 0.3 is 0 Å². The number of nitrogens with one attached hydrogen (secondary N) is 1. The topological polar surface area (TPSA) is 21.3 Å². The van der Waals surface area contributed by atoms with E-state index in [9.17, 15) is 0 Å². The zero-order chi connectivity index (χ0) is 12.9. The van der Waals surface area contributed by atoms with Gasteiger partial charge in [0.05, 0.1) is 4.01 Å². The van der Waals surface area contributed by atoms with E-state index in [0.717, 1.165) is 26.2 Å². The first kappa shape index (κ1) is 18.6. The van der Waals surface area contributed by atoms with Crippen LogP contribution in [0.1, 0.15) is 51.8 Å². The molecule has 0 aliphatic carbocycles. The Kier molecular flexibility index (Phi) is 8.49. The second-order valence-electron chi connectivity index (χ2n) is 5.01. The van der Waals surface area contributed by atoms with Crippen LogP contribution in [0.15, 0.2) is 17.5 Å². The summed E-state index contributed by atoms with van der Waals surface area (Å²) < 4.78 is 7.06. The van der Waals surface area contributed by atoms with Gasteiger partial charge in [0, 0.05) is 36.1 Å². The van der Waals surface area contributed by atoms with Crippen LogP contribution in [-0.4, -0.2) is 13.2 Å². The van der Waals surface area contributed by atoms with E-state index in [2.05, 4.69) is 22.8 Å². The van der Waals surface area contributed by atoms with E-state index < -0.39 is 0 Å². The van der Waals surface area contributed by atoms with Gasteiger partial charge in [0.25, 0.3) is 0 Å². The lowest BCUT2D eigenvalue weighted by Gasteiger charge is -2.16. The molecule has 1 aliphatic rings. The molecule has 0 saturated carbocycles. The molecule has 1 saturated heterocycles. The predicted molar refractivity (Wildman–Crippen MR) is 97.2 cm³/mol. The highest BCUT2D eigenvalue weighted by molar-refractivity contribution is 7.37. The van der Waals surface area contributed by atoms with Crippen LogP contribution >= 0.6 is 22.7 Å². The summed E-state index contributed by atoms with van der Waals surface area (Å²) in [5, 5.41) is 7.20. The van der Waals surface area contributed by atoms with Gasteiger partial charge in [-0.1, -0.05) is 27.7 Å². The van der Waals surface area contributed by atoms with Gasteiger partial charge in [-0.05, 0) is 36.8 Å². The van der Waals surface area contributed by atoms with Crippen LogP contribution in [0.2, 0.25) is 0 Å². The van der Waals surface area contributed by atoms with Gasteiger partial charge in [-0.3, -0.25) is 0 Å². The van der Waals surface area contributed by atoms with Crippen LogP contribution in [0.4, 0.5) is 0 Å². The van der Waals surface area contributed by atoms with Crippen molar-refractivity contribution < 1.29 is 4.74 Å². The number of fused-ring (bicyclic) bond motifs is 1. The summed E-state index contributed by atoms with van der Waals surface area (Å²) in [5.41, 5.74) is 0. The Labute approximate surface area is 137 Å². The van der Waals surface area contributed by atoms with Crippen LogP contribution in [-0.2, 0) is 11.3 Å². The normalized spacial score (nSPS) is 17.3. The summed E-state index contributed by atoms with van der Waals surface area (Å²) in [4.78, 5) is 1.44. The van der Waals surface area contributed by atoms with E-state index in [0.29, 0.717) is 0 Å². The molecule has 4 heteroatoms. The smallest absolute Gasteiger partial charge is 0.0868 e. The highest BCUT2D eigenvalue weighted by atomic mass is 32.2. The fraction of sp³-hybridized carbons (Fsp3) is 0.588. The average Bonchev–Trinajstić information content (AvgIpc) is 3.00. The summed E-state index contributed by atoms with van der Waals surface area (Å²) in [6.45, 7) is 2.79. The zero-order valence-corrected chi connectivity index (χ0v) is 12.7. The van der Waals surface area contributed by atoms with E-state index in [4.69, 9.17) is 4.74 Å². The molecule has 119 valence electrons. The Morgan fingerprint density at radius 3 is 2.86 bits per heavy atom. The Morgan fingerprint density at radius 1 is 1.10 bits per heavy atom. The Morgan fingerprint density at radius 2 is 2.00 bits per heavy atom. The summed E-state index contributed by atoms with van der Waals surface area (Å²) in [7, 11) is 0. The quantitative estimate of drug-likeness (QED) is 0.765. The first-order valence-electron chi connectivity index (χ1n) is 7.04. The number of thiophene rings is 2. The molecule has 0 aromatic carbocycles. The molecule has 0 spiro atoms. The molecule has 3 heterocycles. The average molecular weight is 327 g/mol. The van der Waals surface area contributed by atoms with Crippen molar-refractivity contribution in [3.05, 3.63) is 28.4 Å². The van der Waals surface area contributed by atoms with Crippen molar-refractivity contribution in [3.8, 4) is 0 Å². The van der Waals surface area contributed by atoms with Gasteiger partial charge in [0.1, 0.15) is 0 Å². The van der Waals surface area contributed by atoms with Crippen LogP contribution in [0.3, 0.4) is 0 Å². The Balaban J connectivity index is 0.00000110. The van der Waals surface area contributed by atoms with Gasteiger partial charge in [-0.25, -0.2) is 0 Å². The van der Waals surface area contributed by atoms with E-state index >= 15 is 0 Å². The van der Waals surface area contributed by atoms with E-state index in [-0.39, 0.29) is 14.9 Å². The molecule has 1 radical (unpaired) electrons. The third-order valence-electron chi connectivity index (χ3n) is 3.53. The van der Waals surface area contributed by atoms with Gasteiger partial charge in [-0.15, -0.1) is 22.7 Å². The van der Waals surface area contributed by atoms with Gasteiger partial charge in [0.15, 0.2) is 0 Å². The van der Waals surface area contributed by atoms with Gasteiger partial charge in [0.2, 0.25) is 0 Å². The van der Waals surface area contributed by atoms with Crippen molar-refractivity contribution in [2.45, 2.75) is 53.5 Å². The summed E-state index contributed by atoms with van der Waals surface area (Å²) in [5.74, 6) is 0. The lowest BCUT2D eigenvalue weighted by molar-refractivity contribution is 0.132. The molecular weight excluding hydrogens is 298 g/mol. The Hall–Kier alpha value is -0.420. The third-order valence-corrected chi connectivity index (χ3v) is 5.73. The lowest BCUT2D eigenvalue weighted by atomic mass is 10.1. The highest BCUT2D eigenvalue weighted by Gasteiger charge is 2.12. The molecular formula is C17H28NOS2. The molecule has 2 aromatic heterocycles. The van der Waals surface area contributed by atoms with E-state index in [1.807, 2.05) is 22.7 Å². The maximum Gasteiger partial charge on any atom is 0.0868 e. The number of hydrogen-bond donors (Lipinski definition) is 1. The monoisotopic (exact) mass is 326 g/mol. The molecule has 3 rings (SSSR count). The zero-order valence-electron chi connectivity index (χ0n) is 11.1. The van der Waals surface area contributed by atoms with Crippen molar-refractivity contribution in [2.75, 3.05) is 13.2 Å². The minimum Gasteiger partial charge on any atom is -0.381 e. The van der Waals surface area contributed by atoms with Gasteiger partial charge < -0.3 is 10.1 Å². The standard InChI is InChI=1S/C15H20NOS2.2CH4/c1-2-4-13(5-8-17-7-3-1)16-11-14-10-12-6-9-18-15(12)19-14;;/h6,9-10,16H,1-5,7-8,11H2;2*1H4. The fourth-order valence-corrected chi connectivity index (χ4v) is 4.53. The minimum atomic E-state index is 0. The SMILES string of the molecule is C.C.c1cc2cc(CN[C]3CCCCCOCC3)sc2s1. The van der Waals surface area contributed by atoms with Gasteiger partial charge in [-0.2, -0.15) is 0 Å². The van der Waals surface area contributed by atoms with Crippen molar-refractivity contribution >= 4 is 32.1 Å². The maximum atomic E-state index is 5.62. The van der Waals surface area contributed by atoms with Crippen LogP contribution in [0.25, 0.3) is 9.40 Å². The highest BCUT2D eigenvalue weighted by Crippen LogP contribution is 2.30. The third kappa shape index (κ3) is 5.37. The summed E-state index contributed by atoms with van der Waals surface area (Å²) in [6, 6.07) is 6.00.